The summed E-state index contributed by atoms with van der Waals surface area (Å²) >= 11 is 0. The van der Waals surface area contributed by atoms with Crippen LogP contribution in [0.15, 0.2) is 17.7 Å². The third-order valence-corrected chi connectivity index (χ3v) is 1.32. The predicted octanol–water partition coefficient (Wildman–Crippen LogP) is 2.48. The van der Waals surface area contributed by atoms with Crippen molar-refractivity contribution in [2.45, 2.75) is 26.2 Å². The minimum atomic E-state index is 1.14. The molecule has 1 radical (unpaired) electrons. The smallest absolute Gasteiger partial charge is 0.0270 e. The molecule has 0 heterocycles. The summed E-state index contributed by atoms with van der Waals surface area (Å²) in [5.74, 6) is 0. The summed E-state index contributed by atoms with van der Waals surface area (Å²) in [6.07, 6.45) is 11.3. The molecule has 1 rings (SSSR count). The zero-order chi connectivity index (χ0) is 5.82. The van der Waals surface area contributed by atoms with Crippen LogP contribution >= 0.6 is 0 Å². The fourth-order valence-electron chi connectivity index (χ4n) is 0.825. The SMILES string of the molecule is CC1=[C]CCCC=C1. The Kier molecular flexibility index (Phi) is 1.90. The van der Waals surface area contributed by atoms with Gasteiger partial charge in [0, 0.05) is 0 Å². The second-order valence-corrected chi connectivity index (χ2v) is 2.15. The van der Waals surface area contributed by atoms with Crippen LogP contribution in [0.25, 0.3) is 0 Å². The van der Waals surface area contributed by atoms with E-state index in [4.69, 9.17) is 0 Å². The van der Waals surface area contributed by atoms with Gasteiger partial charge in [-0.25, -0.2) is 0 Å². The van der Waals surface area contributed by atoms with Gasteiger partial charge in [0.2, 0.25) is 0 Å². The van der Waals surface area contributed by atoms with Gasteiger partial charge in [-0.3, -0.25) is 0 Å². The van der Waals surface area contributed by atoms with E-state index in [1.54, 1.807) is 0 Å². The molecule has 1 aliphatic rings. The van der Waals surface area contributed by atoms with Gasteiger partial charge in [-0.15, -0.1) is 0 Å². The van der Waals surface area contributed by atoms with Crippen LogP contribution in [0.3, 0.4) is 0 Å². The highest BCUT2D eigenvalue weighted by Crippen LogP contribution is 2.07. The van der Waals surface area contributed by atoms with Crippen LogP contribution in [-0.2, 0) is 0 Å². The summed E-state index contributed by atoms with van der Waals surface area (Å²) in [7, 11) is 0. The molecule has 0 saturated heterocycles. The first-order chi connectivity index (χ1) is 3.89. The molecule has 0 atom stereocenters. The molecule has 0 saturated carbocycles. The van der Waals surface area contributed by atoms with Gasteiger partial charge in [0.05, 0.1) is 0 Å². The van der Waals surface area contributed by atoms with Crippen molar-refractivity contribution < 1.29 is 0 Å². The van der Waals surface area contributed by atoms with Crippen LogP contribution in [0.4, 0.5) is 0 Å². The zero-order valence-electron chi connectivity index (χ0n) is 5.28. The van der Waals surface area contributed by atoms with E-state index in [-0.39, 0.29) is 0 Å². The van der Waals surface area contributed by atoms with Crippen molar-refractivity contribution in [2.75, 3.05) is 0 Å². The Bertz CT molecular complexity index is 118. The fourth-order valence-corrected chi connectivity index (χ4v) is 0.825. The third-order valence-electron chi connectivity index (χ3n) is 1.32. The monoisotopic (exact) mass is 107 g/mol. The zero-order valence-corrected chi connectivity index (χ0v) is 5.28. The molecule has 0 spiro atoms. The first kappa shape index (κ1) is 5.61. The summed E-state index contributed by atoms with van der Waals surface area (Å²) in [6.45, 7) is 2.10. The number of allylic oxidation sites excluding steroid dienone is 4. The quantitative estimate of drug-likeness (QED) is 0.446. The van der Waals surface area contributed by atoms with Crippen molar-refractivity contribution in [1.29, 1.82) is 0 Å². The molecule has 0 N–H and O–H groups in total. The van der Waals surface area contributed by atoms with E-state index in [0.29, 0.717) is 0 Å². The molecule has 0 unspecified atom stereocenters. The third kappa shape index (κ3) is 1.53. The molecule has 0 aromatic carbocycles. The van der Waals surface area contributed by atoms with E-state index in [1.165, 1.54) is 18.4 Å². The molecule has 0 amide bonds. The summed E-state index contributed by atoms with van der Waals surface area (Å²) in [4.78, 5) is 0. The maximum atomic E-state index is 3.27. The van der Waals surface area contributed by atoms with E-state index in [1.807, 2.05) is 0 Å². The lowest BCUT2D eigenvalue weighted by atomic mass is 10.2. The highest BCUT2D eigenvalue weighted by molar-refractivity contribution is 5.13. The van der Waals surface area contributed by atoms with Crippen LogP contribution in [0, 0.1) is 6.08 Å². The van der Waals surface area contributed by atoms with Gasteiger partial charge in [-0.1, -0.05) is 12.2 Å². The normalized spacial score (nSPS) is 19.9. The van der Waals surface area contributed by atoms with Crippen molar-refractivity contribution >= 4 is 0 Å². The average molecular weight is 107 g/mol. The lowest BCUT2D eigenvalue weighted by Gasteiger charge is -1.83. The molecule has 8 heavy (non-hydrogen) atoms. The van der Waals surface area contributed by atoms with E-state index in [2.05, 4.69) is 25.2 Å². The van der Waals surface area contributed by atoms with Crippen LogP contribution in [0.1, 0.15) is 26.2 Å². The fraction of sp³-hybridized carbons (Fsp3) is 0.500. The van der Waals surface area contributed by atoms with Crippen LogP contribution < -0.4 is 0 Å². The highest BCUT2D eigenvalue weighted by atomic mass is 13.9. The van der Waals surface area contributed by atoms with Crippen molar-refractivity contribution in [1.82, 2.24) is 0 Å². The molecule has 0 nitrogen and oxygen atoms in total. The minimum Gasteiger partial charge on any atom is -0.0843 e. The van der Waals surface area contributed by atoms with Gasteiger partial charge in [-0.05, 0) is 37.8 Å². The summed E-state index contributed by atoms with van der Waals surface area (Å²) in [6, 6.07) is 0. The summed E-state index contributed by atoms with van der Waals surface area (Å²) in [5.41, 5.74) is 1.29. The van der Waals surface area contributed by atoms with Crippen LogP contribution in [0.5, 0.6) is 0 Å². The van der Waals surface area contributed by atoms with Crippen molar-refractivity contribution in [3.05, 3.63) is 23.8 Å². The first-order valence-corrected chi connectivity index (χ1v) is 3.13. The van der Waals surface area contributed by atoms with Gasteiger partial charge in [0.15, 0.2) is 0 Å². The van der Waals surface area contributed by atoms with Crippen molar-refractivity contribution in [3.63, 3.8) is 0 Å². The molecule has 0 heteroatoms. The molecular formula is C8H11. The average Bonchev–Trinajstić information content (AvgIpc) is 1.94. The van der Waals surface area contributed by atoms with E-state index < -0.39 is 0 Å². The lowest BCUT2D eigenvalue weighted by molar-refractivity contribution is 0.861. The standard InChI is InChI=1S/C8H11/c1-8-6-4-2-3-5-7-8/h4,6H,2-3,5H2,1H3. The molecular weight excluding hydrogens is 96.1 g/mol. The maximum Gasteiger partial charge on any atom is -0.0270 e. The lowest BCUT2D eigenvalue weighted by Crippen LogP contribution is -1.65. The topological polar surface area (TPSA) is 0 Å². The van der Waals surface area contributed by atoms with Gasteiger partial charge in [-0.2, -0.15) is 0 Å². The molecule has 1 aliphatic carbocycles. The Morgan fingerprint density at radius 1 is 1.62 bits per heavy atom. The second kappa shape index (κ2) is 2.71. The largest absolute Gasteiger partial charge is 0.0843 e. The maximum absolute atomic E-state index is 3.27. The number of hydrogen-bond donors (Lipinski definition) is 0. The Labute approximate surface area is 50.9 Å². The van der Waals surface area contributed by atoms with Crippen LogP contribution in [0.2, 0.25) is 0 Å². The Balaban J connectivity index is 2.55. The summed E-state index contributed by atoms with van der Waals surface area (Å²) in [5, 5.41) is 0. The molecule has 0 fully saturated rings. The molecule has 0 aromatic rings. The van der Waals surface area contributed by atoms with Gasteiger partial charge < -0.3 is 0 Å². The molecule has 0 aromatic heterocycles. The minimum absolute atomic E-state index is 1.14. The number of hydrogen-bond acceptors (Lipinski definition) is 0. The van der Waals surface area contributed by atoms with Gasteiger partial charge in [0.1, 0.15) is 0 Å². The van der Waals surface area contributed by atoms with Crippen molar-refractivity contribution in [3.8, 4) is 0 Å². The van der Waals surface area contributed by atoms with E-state index in [9.17, 15) is 0 Å². The van der Waals surface area contributed by atoms with Gasteiger partial charge in [0.25, 0.3) is 0 Å². The Morgan fingerprint density at radius 3 is 3.38 bits per heavy atom. The van der Waals surface area contributed by atoms with E-state index >= 15 is 0 Å². The Hall–Kier alpha value is -0.520. The van der Waals surface area contributed by atoms with Gasteiger partial charge >= 0.3 is 0 Å². The first-order valence-electron chi connectivity index (χ1n) is 3.13. The highest BCUT2D eigenvalue weighted by Gasteiger charge is 1.88. The second-order valence-electron chi connectivity index (χ2n) is 2.15. The summed E-state index contributed by atoms with van der Waals surface area (Å²) < 4.78 is 0. The van der Waals surface area contributed by atoms with E-state index in [0.717, 1.165) is 6.42 Å². The molecule has 0 bridgehead atoms. The predicted molar refractivity (Wildman–Crippen MR) is 35.4 cm³/mol. The van der Waals surface area contributed by atoms with Crippen LogP contribution in [-0.4, -0.2) is 0 Å². The Morgan fingerprint density at radius 2 is 2.50 bits per heavy atom. The van der Waals surface area contributed by atoms with Crippen molar-refractivity contribution in [2.24, 2.45) is 0 Å². The molecule has 0 aliphatic heterocycles. The molecule has 43 valence electrons. The number of rotatable bonds is 0.